The van der Waals surface area contributed by atoms with E-state index < -0.39 is 0 Å². The van der Waals surface area contributed by atoms with Gasteiger partial charge in [0.1, 0.15) is 17.0 Å². The van der Waals surface area contributed by atoms with Crippen LogP contribution < -0.4 is 10.9 Å². The van der Waals surface area contributed by atoms with Gasteiger partial charge in [-0.15, -0.1) is 0 Å². The zero-order chi connectivity index (χ0) is 12.3. The van der Waals surface area contributed by atoms with Crippen LogP contribution in [0.25, 0.3) is 0 Å². The molecule has 0 spiro atoms. The van der Waals surface area contributed by atoms with Crippen molar-refractivity contribution in [3.8, 4) is 0 Å². The van der Waals surface area contributed by atoms with E-state index in [2.05, 4.69) is 20.1 Å². The van der Waals surface area contributed by atoms with Gasteiger partial charge in [0.05, 0.1) is 18.4 Å². The standard InChI is InChI=1S/C10H11ClN4O2/c1-2-15-10(16)9(11)8(6-13-15)12-5-7-3-4-17-14-7/h3-4,6,12H,2,5H2,1H3. The van der Waals surface area contributed by atoms with Crippen molar-refractivity contribution in [3.05, 3.63) is 39.6 Å². The topological polar surface area (TPSA) is 73.0 Å². The molecule has 0 bridgehead atoms. The summed E-state index contributed by atoms with van der Waals surface area (Å²) in [4.78, 5) is 11.7. The molecule has 6 nitrogen and oxygen atoms in total. The van der Waals surface area contributed by atoms with E-state index in [9.17, 15) is 4.79 Å². The third-order valence-electron chi connectivity index (χ3n) is 2.24. The van der Waals surface area contributed by atoms with E-state index in [0.717, 1.165) is 5.69 Å². The minimum Gasteiger partial charge on any atom is -0.377 e. The molecule has 0 aromatic carbocycles. The van der Waals surface area contributed by atoms with Crippen molar-refractivity contribution in [2.45, 2.75) is 20.0 Å². The fraction of sp³-hybridized carbons (Fsp3) is 0.300. The number of nitrogens with one attached hydrogen (secondary N) is 1. The largest absolute Gasteiger partial charge is 0.377 e. The van der Waals surface area contributed by atoms with Crippen LogP contribution in [0.4, 0.5) is 5.69 Å². The number of anilines is 1. The molecule has 2 aromatic heterocycles. The van der Waals surface area contributed by atoms with Crippen molar-refractivity contribution in [1.29, 1.82) is 0 Å². The van der Waals surface area contributed by atoms with Crippen molar-refractivity contribution >= 4 is 17.3 Å². The van der Waals surface area contributed by atoms with Gasteiger partial charge in [-0.2, -0.15) is 5.10 Å². The summed E-state index contributed by atoms with van der Waals surface area (Å²) in [6, 6.07) is 1.72. The zero-order valence-corrected chi connectivity index (χ0v) is 9.94. The maximum Gasteiger partial charge on any atom is 0.287 e. The highest BCUT2D eigenvalue weighted by molar-refractivity contribution is 6.32. The van der Waals surface area contributed by atoms with Crippen molar-refractivity contribution in [2.24, 2.45) is 0 Å². The Morgan fingerprint density at radius 1 is 1.59 bits per heavy atom. The Kier molecular flexibility index (Phi) is 3.43. The van der Waals surface area contributed by atoms with E-state index in [0.29, 0.717) is 18.8 Å². The molecule has 0 amide bonds. The molecular formula is C10H11ClN4O2. The molecule has 7 heteroatoms. The van der Waals surface area contributed by atoms with Crippen molar-refractivity contribution < 1.29 is 4.52 Å². The SMILES string of the molecule is CCn1ncc(NCc2ccon2)c(Cl)c1=O. The fourth-order valence-corrected chi connectivity index (χ4v) is 1.54. The van der Waals surface area contributed by atoms with Gasteiger partial charge in [-0.3, -0.25) is 4.79 Å². The Labute approximate surface area is 102 Å². The van der Waals surface area contributed by atoms with Crippen LogP contribution in [-0.4, -0.2) is 14.9 Å². The lowest BCUT2D eigenvalue weighted by molar-refractivity contribution is 0.412. The average molecular weight is 255 g/mol. The molecule has 0 saturated heterocycles. The molecule has 0 saturated carbocycles. The summed E-state index contributed by atoms with van der Waals surface area (Å²) in [6.07, 6.45) is 3.00. The van der Waals surface area contributed by atoms with Gasteiger partial charge in [-0.1, -0.05) is 16.8 Å². The van der Waals surface area contributed by atoms with Gasteiger partial charge in [-0.25, -0.2) is 4.68 Å². The number of aryl methyl sites for hydroxylation is 1. The normalized spacial score (nSPS) is 10.5. The molecule has 2 aromatic rings. The molecule has 17 heavy (non-hydrogen) atoms. The van der Waals surface area contributed by atoms with Crippen LogP contribution in [0, 0.1) is 0 Å². The molecule has 0 aliphatic rings. The zero-order valence-electron chi connectivity index (χ0n) is 9.18. The van der Waals surface area contributed by atoms with Gasteiger partial charge in [-0.05, 0) is 6.92 Å². The van der Waals surface area contributed by atoms with Crippen molar-refractivity contribution in [1.82, 2.24) is 14.9 Å². The Morgan fingerprint density at radius 2 is 2.41 bits per heavy atom. The van der Waals surface area contributed by atoms with Gasteiger partial charge < -0.3 is 9.84 Å². The summed E-state index contributed by atoms with van der Waals surface area (Å²) in [5.74, 6) is 0. The highest BCUT2D eigenvalue weighted by atomic mass is 35.5. The quantitative estimate of drug-likeness (QED) is 0.895. The number of halogens is 1. The summed E-state index contributed by atoms with van der Waals surface area (Å²) in [5, 5.41) is 10.8. The summed E-state index contributed by atoms with van der Waals surface area (Å²) < 4.78 is 5.98. The molecule has 0 atom stereocenters. The maximum absolute atomic E-state index is 11.7. The number of nitrogens with zero attached hydrogens (tertiary/aromatic N) is 3. The summed E-state index contributed by atoms with van der Waals surface area (Å²) in [6.45, 7) is 2.74. The molecule has 2 rings (SSSR count). The second-order valence-electron chi connectivity index (χ2n) is 3.34. The first-order valence-electron chi connectivity index (χ1n) is 5.11. The summed E-state index contributed by atoms with van der Waals surface area (Å²) >= 11 is 5.94. The smallest absolute Gasteiger partial charge is 0.287 e. The van der Waals surface area contributed by atoms with Crippen LogP contribution in [0.15, 0.2) is 27.8 Å². The second-order valence-corrected chi connectivity index (χ2v) is 3.72. The Balaban J connectivity index is 2.17. The van der Waals surface area contributed by atoms with Crippen molar-refractivity contribution in [2.75, 3.05) is 5.32 Å². The molecule has 90 valence electrons. The maximum atomic E-state index is 11.7. The molecule has 1 N–H and O–H groups in total. The minimum absolute atomic E-state index is 0.130. The van der Waals surface area contributed by atoms with E-state index >= 15 is 0 Å². The van der Waals surface area contributed by atoms with Crippen molar-refractivity contribution in [3.63, 3.8) is 0 Å². The van der Waals surface area contributed by atoms with Gasteiger partial charge in [0, 0.05) is 12.6 Å². The summed E-state index contributed by atoms with van der Waals surface area (Å²) in [5.41, 5.74) is 0.907. The van der Waals surface area contributed by atoms with Gasteiger partial charge >= 0.3 is 0 Å². The second kappa shape index (κ2) is 5.01. The lowest BCUT2D eigenvalue weighted by Gasteiger charge is -2.07. The van der Waals surface area contributed by atoms with Gasteiger partial charge in [0.2, 0.25) is 0 Å². The Bertz CT molecular complexity index is 550. The lowest BCUT2D eigenvalue weighted by atomic mass is 10.4. The van der Waals surface area contributed by atoms with E-state index in [1.54, 1.807) is 6.07 Å². The van der Waals surface area contributed by atoms with Crippen LogP contribution in [0.5, 0.6) is 0 Å². The van der Waals surface area contributed by atoms with Gasteiger partial charge in [0.15, 0.2) is 0 Å². The monoisotopic (exact) mass is 254 g/mol. The molecule has 2 heterocycles. The van der Waals surface area contributed by atoms with E-state index in [4.69, 9.17) is 11.6 Å². The lowest BCUT2D eigenvalue weighted by Crippen LogP contribution is -2.23. The first kappa shape index (κ1) is 11.7. The van der Waals surface area contributed by atoms with Crippen LogP contribution in [0.2, 0.25) is 5.02 Å². The molecule has 0 aliphatic heterocycles. The Morgan fingerprint density at radius 3 is 3.06 bits per heavy atom. The molecule has 0 radical (unpaired) electrons. The predicted molar refractivity (Wildman–Crippen MR) is 63.0 cm³/mol. The van der Waals surface area contributed by atoms with Crippen LogP contribution >= 0.6 is 11.6 Å². The van der Waals surface area contributed by atoms with E-state index in [-0.39, 0.29) is 10.6 Å². The number of rotatable bonds is 4. The fourth-order valence-electron chi connectivity index (χ4n) is 1.33. The number of hydrogen-bond acceptors (Lipinski definition) is 5. The van der Waals surface area contributed by atoms with Crippen LogP contribution in [-0.2, 0) is 13.1 Å². The molecule has 0 fully saturated rings. The first-order chi connectivity index (χ1) is 8.22. The van der Waals surface area contributed by atoms with E-state index in [1.165, 1.54) is 17.1 Å². The molecule has 0 aliphatic carbocycles. The van der Waals surface area contributed by atoms with Crippen LogP contribution in [0.1, 0.15) is 12.6 Å². The first-order valence-corrected chi connectivity index (χ1v) is 5.49. The average Bonchev–Trinajstić information content (AvgIpc) is 2.84. The summed E-state index contributed by atoms with van der Waals surface area (Å²) in [7, 11) is 0. The van der Waals surface area contributed by atoms with E-state index in [1.807, 2.05) is 6.92 Å². The highest BCUT2D eigenvalue weighted by Gasteiger charge is 2.08. The van der Waals surface area contributed by atoms with Gasteiger partial charge in [0.25, 0.3) is 5.56 Å². The third-order valence-corrected chi connectivity index (χ3v) is 2.60. The molecule has 0 unspecified atom stereocenters. The number of hydrogen-bond donors (Lipinski definition) is 1. The molecular weight excluding hydrogens is 244 g/mol. The predicted octanol–water partition coefficient (Wildman–Crippen LogP) is 1.52. The minimum atomic E-state index is -0.306. The number of aromatic nitrogens is 3. The highest BCUT2D eigenvalue weighted by Crippen LogP contribution is 2.15. The third kappa shape index (κ3) is 2.47. The Hall–Kier alpha value is -1.82. The van der Waals surface area contributed by atoms with Crippen LogP contribution in [0.3, 0.4) is 0 Å².